The summed E-state index contributed by atoms with van der Waals surface area (Å²) in [5, 5.41) is 5.96. The summed E-state index contributed by atoms with van der Waals surface area (Å²) in [5.41, 5.74) is 21.7. The van der Waals surface area contributed by atoms with Crippen molar-refractivity contribution in [2.75, 3.05) is 0 Å². The van der Waals surface area contributed by atoms with Crippen LogP contribution in [0.3, 0.4) is 0 Å². The first-order valence-electron chi connectivity index (χ1n) is 25.7. The van der Waals surface area contributed by atoms with Crippen molar-refractivity contribution in [2.24, 2.45) is 7.05 Å². The predicted octanol–water partition coefficient (Wildman–Crippen LogP) is 18.6. The number of furan rings is 1. The molecule has 14 rings (SSSR count). The van der Waals surface area contributed by atoms with Crippen molar-refractivity contribution in [1.82, 2.24) is 4.57 Å². The molecule has 0 N–H and O–H groups in total. The van der Waals surface area contributed by atoms with Crippen LogP contribution in [0.1, 0.15) is 44.9 Å². The molecule has 2 nitrogen and oxygen atoms in total. The van der Waals surface area contributed by atoms with E-state index in [1.165, 1.54) is 99.7 Å². The van der Waals surface area contributed by atoms with Crippen LogP contribution in [-0.2, 0) is 18.9 Å². The van der Waals surface area contributed by atoms with E-state index in [0.717, 1.165) is 39.5 Å². The molecule has 2 heterocycles. The Morgan fingerprint density at radius 2 is 1.04 bits per heavy atom. The number of para-hydroxylation sites is 1. The molecule has 0 bridgehead atoms. The van der Waals surface area contributed by atoms with Crippen LogP contribution in [0.4, 0.5) is 0 Å². The number of hydrogen-bond donors (Lipinski definition) is 0. The van der Waals surface area contributed by atoms with Gasteiger partial charge in [-0.15, -0.1) is 0 Å². The summed E-state index contributed by atoms with van der Waals surface area (Å²) >= 11 is 0. The van der Waals surface area contributed by atoms with Crippen molar-refractivity contribution >= 4 is 49.2 Å². The minimum Gasteiger partial charge on any atom is -0.456 e. The number of fused-ring (bicyclic) bond motifs is 9. The first-order chi connectivity index (χ1) is 36.5. The average Bonchev–Trinajstić information content (AvgIpc) is 4.11. The van der Waals surface area contributed by atoms with Gasteiger partial charge in [-0.05, 0) is 131 Å². The van der Waals surface area contributed by atoms with Crippen molar-refractivity contribution in [1.29, 1.82) is 0 Å². The number of allylic oxidation sites excluding steroid dienone is 1. The Labute approximate surface area is 431 Å². The fraction of sp³-hybridized carbons (Fsp3) is 0.0556. The highest BCUT2D eigenvalue weighted by Gasteiger charge is 2.47. The van der Waals surface area contributed by atoms with Gasteiger partial charge in [0.25, 0.3) is 0 Å². The molecule has 11 aromatic carbocycles. The summed E-state index contributed by atoms with van der Waals surface area (Å²) in [4.78, 5) is 0. The van der Waals surface area contributed by atoms with Crippen molar-refractivity contribution in [3.63, 3.8) is 0 Å². The zero-order valence-corrected chi connectivity index (χ0v) is 41.2. The second-order valence-corrected chi connectivity index (χ2v) is 20.0. The summed E-state index contributed by atoms with van der Waals surface area (Å²) in [7, 11) is 2.21. The maximum absolute atomic E-state index is 6.52. The normalized spacial score (nSPS) is 13.1. The smallest absolute Gasteiger partial charge is 0.135 e. The van der Waals surface area contributed by atoms with Gasteiger partial charge in [-0.1, -0.05) is 231 Å². The Kier molecular flexibility index (Phi) is 10.3. The number of aromatic nitrogens is 1. The van der Waals surface area contributed by atoms with Gasteiger partial charge in [0.2, 0.25) is 0 Å². The maximum atomic E-state index is 6.52. The standard InChI is InChI=1S/C72H51NO/c1-47(61(42-48-22-8-3-9-23-48)53-37-39-58-57-33-20-21-35-67(57)74-68(58)45-53)51-36-40-60-64(44-51)72(54-28-14-6-15-29-54,55-30-16-7-17-31-55)65-46-62(56-32-18-19-34-59(56)70(60)65)52-38-41-66-63(43-52)69(49-24-10-4-11-25-49)71(73(66)2)50-26-12-5-13-27-50/h3-41,43-46,61H,1,42H2,2H3. The molecule has 0 saturated carbocycles. The molecule has 350 valence electrons. The van der Waals surface area contributed by atoms with Gasteiger partial charge in [0.15, 0.2) is 0 Å². The van der Waals surface area contributed by atoms with Gasteiger partial charge in [0, 0.05) is 40.2 Å². The van der Waals surface area contributed by atoms with Gasteiger partial charge in [-0.3, -0.25) is 0 Å². The fourth-order valence-electron chi connectivity index (χ4n) is 12.7. The predicted molar refractivity (Wildman–Crippen MR) is 310 cm³/mol. The van der Waals surface area contributed by atoms with Crippen LogP contribution in [0, 0.1) is 0 Å². The van der Waals surface area contributed by atoms with E-state index in [1.807, 2.05) is 6.07 Å². The molecule has 0 saturated heterocycles. The topological polar surface area (TPSA) is 18.1 Å². The van der Waals surface area contributed by atoms with Crippen LogP contribution in [0.25, 0.3) is 93.8 Å². The molecule has 0 fully saturated rings. The Bertz CT molecular complexity index is 4240. The Morgan fingerprint density at radius 3 is 1.74 bits per heavy atom. The molecule has 13 aromatic rings. The summed E-state index contributed by atoms with van der Waals surface area (Å²) in [6.07, 6.45) is 0.795. The highest BCUT2D eigenvalue weighted by Crippen LogP contribution is 2.60. The highest BCUT2D eigenvalue weighted by atomic mass is 16.3. The zero-order chi connectivity index (χ0) is 49.3. The van der Waals surface area contributed by atoms with Gasteiger partial charge in [-0.2, -0.15) is 0 Å². The lowest BCUT2D eigenvalue weighted by molar-refractivity contribution is 0.667. The number of rotatable bonds is 10. The summed E-state index contributed by atoms with van der Waals surface area (Å²) in [6.45, 7) is 5.04. The molecular formula is C72H51NO. The Balaban J connectivity index is 1.00. The number of benzene rings is 11. The SMILES string of the molecule is C=C(c1ccc2c(c1)C(c1ccccc1)(c1ccccc1)c1cc(-c3ccc4c(c3)c(-c3ccccc3)c(-c3ccccc3)n4C)c3ccccc3c1-2)C(Cc1ccccc1)c1ccc2c(c1)oc1ccccc12. The third-order valence-electron chi connectivity index (χ3n) is 16.1. The molecule has 1 atom stereocenters. The summed E-state index contributed by atoms with van der Waals surface area (Å²) in [6, 6.07) is 96.0. The second-order valence-electron chi connectivity index (χ2n) is 20.0. The molecular weight excluding hydrogens is 895 g/mol. The Morgan fingerprint density at radius 1 is 0.446 bits per heavy atom. The van der Waals surface area contributed by atoms with Crippen LogP contribution in [-0.4, -0.2) is 4.57 Å². The van der Waals surface area contributed by atoms with Crippen LogP contribution in [0.2, 0.25) is 0 Å². The van der Waals surface area contributed by atoms with Crippen molar-refractivity contribution in [2.45, 2.75) is 17.8 Å². The van der Waals surface area contributed by atoms with Gasteiger partial charge in [0.05, 0.1) is 11.1 Å². The lowest BCUT2D eigenvalue weighted by atomic mass is 9.66. The van der Waals surface area contributed by atoms with Crippen LogP contribution in [0.15, 0.2) is 272 Å². The molecule has 0 spiro atoms. The molecule has 1 aliphatic rings. The lowest BCUT2D eigenvalue weighted by Gasteiger charge is -2.34. The van der Waals surface area contributed by atoms with E-state index >= 15 is 0 Å². The van der Waals surface area contributed by atoms with Crippen LogP contribution in [0.5, 0.6) is 0 Å². The molecule has 2 heteroatoms. The summed E-state index contributed by atoms with van der Waals surface area (Å²) < 4.78 is 8.89. The number of hydrogen-bond acceptors (Lipinski definition) is 1. The third kappa shape index (κ3) is 6.79. The molecule has 2 aromatic heterocycles. The second kappa shape index (κ2) is 17.5. The average molecular weight is 946 g/mol. The van der Waals surface area contributed by atoms with E-state index in [9.17, 15) is 0 Å². The number of nitrogens with zero attached hydrogens (tertiary/aromatic N) is 1. The fourth-order valence-corrected chi connectivity index (χ4v) is 12.7. The lowest BCUT2D eigenvalue weighted by Crippen LogP contribution is -2.28. The molecule has 0 aliphatic heterocycles. The molecule has 1 aliphatic carbocycles. The van der Waals surface area contributed by atoms with E-state index in [-0.39, 0.29) is 5.92 Å². The Hall–Kier alpha value is -9.24. The maximum Gasteiger partial charge on any atom is 0.135 e. The van der Waals surface area contributed by atoms with E-state index < -0.39 is 5.41 Å². The van der Waals surface area contributed by atoms with Gasteiger partial charge in [0.1, 0.15) is 11.2 Å². The van der Waals surface area contributed by atoms with Gasteiger partial charge >= 0.3 is 0 Å². The highest BCUT2D eigenvalue weighted by molar-refractivity contribution is 6.12. The van der Waals surface area contributed by atoms with E-state index in [0.29, 0.717) is 0 Å². The van der Waals surface area contributed by atoms with Crippen molar-refractivity contribution in [3.8, 4) is 44.6 Å². The minimum absolute atomic E-state index is 0.0248. The van der Waals surface area contributed by atoms with Crippen LogP contribution < -0.4 is 0 Å². The van der Waals surface area contributed by atoms with E-state index in [2.05, 4.69) is 266 Å². The monoisotopic (exact) mass is 945 g/mol. The first-order valence-corrected chi connectivity index (χ1v) is 25.7. The molecule has 0 amide bonds. The molecule has 74 heavy (non-hydrogen) atoms. The number of aryl methyl sites for hydroxylation is 1. The minimum atomic E-state index is -0.670. The van der Waals surface area contributed by atoms with Gasteiger partial charge < -0.3 is 8.98 Å². The third-order valence-corrected chi connectivity index (χ3v) is 16.1. The summed E-state index contributed by atoms with van der Waals surface area (Å²) in [5.74, 6) is -0.0248. The first kappa shape index (κ1) is 43.5. The molecule has 0 radical (unpaired) electrons. The quantitative estimate of drug-likeness (QED) is 0.134. The largest absolute Gasteiger partial charge is 0.456 e. The van der Waals surface area contributed by atoms with Gasteiger partial charge in [-0.25, -0.2) is 0 Å². The molecule has 1 unspecified atom stereocenters. The van der Waals surface area contributed by atoms with E-state index in [4.69, 9.17) is 11.0 Å². The van der Waals surface area contributed by atoms with Crippen LogP contribution >= 0.6 is 0 Å². The van der Waals surface area contributed by atoms with E-state index in [1.54, 1.807) is 0 Å². The van der Waals surface area contributed by atoms with Crippen molar-refractivity contribution in [3.05, 3.63) is 306 Å². The van der Waals surface area contributed by atoms with Crippen molar-refractivity contribution < 1.29 is 4.42 Å². The zero-order valence-electron chi connectivity index (χ0n) is 41.2.